The van der Waals surface area contributed by atoms with Gasteiger partial charge in [-0.3, -0.25) is 0 Å². The molecule has 5 rings (SSSR count). The fourth-order valence-electron chi connectivity index (χ4n) is 4.07. The molecule has 0 aromatic heterocycles. The molecule has 0 spiro atoms. The minimum Gasteiger partial charge on any atom is -0.490 e. The highest BCUT2D eigenvalue weighted by Gasteiger charge is 2.48. The number of hydrogen-bond donors (Lipinski definition) is 0. The molecule has 3 aliphatic carbocycles. The summed E-state index contributed by atoms with van der Waals surface area (Å²) in [5.41, 5.74) is 1.86. The predicted molar refractivity (Wildman–Crippen MR) is 83.1 cm³/mol. The van der Waals surface area contributed by atoms with E-state index in [-0.39, 0.29) is 0 Å². The van der Waals surface area contributed by atoms with Crippen molar-refractivity contribution in [2.45, 2.75) is 54.7 Å². The van der Waals surface area contributed by atoms with Crippen molar-refractivity contribution >= 4 is 15.9 Å². The van der Waals surface area contributed by atoms with Gasteiger partial charge in [-0.15, -0.1) is 0 Å². The molecule has 1 aromatic rings. The van der Waals surface area contributed by atoms with E-state index in [1.807, 2.05) is 0 Å². The Morgan fingerprint density at radius 2 is 1.50 bits per heavy atom. The van der Waals surface area contributed by atoms with Crippen LogP contribution < -0.4 is 9.47 Å². The zero-order valence-electron chi connectivity index (χ0n) is 11.8. The second kappa shape index (κ2) is 4.66. The third-order valence-electron chi connectivity index (χ3n) is 5.51. The highest BCUT2D eigenvalue weighted by molar-refractivity contribution is 9.10. The minimum absolute atomic E-state index is 0.389. The lowest BCUT2D eigenvalue weighted by Gasteiger charge is -2.51. The molecule has 1 aromatic carbocycles. The smallest absolute Gasteiger partial charge is 0.161 e. The second-order valence-corrected chi connectivity index (χ2v) is 8.33. The van der Waals surface area contributed by atoms with E-state index in [9.17, 15) is 0 Å². The van der Waals surface area contributed by atoms with Gasteiger partial charge in [0.25, 0.3) is 0 Å². The summed E-state index contributed by atoms with van der Waals surface area (Å²) in [7, 11) is 0. The van der Waals surface area contributed by atoms with Crippen molar-refractivity contribution in [1.82, 2.24) is 0 Å². The molecule has 0 saturated heterocycles. The number of fused-ring (bicyclic) bond motifs is 4. The molecule has 0 amide bonds. The summed E-state index contributed by atoms with van der Waals surface area (Å²) in [6.07, 6.45) is 8.80. The fraction of sp³-hybridized carbons (Fsp3) is 0.647. The lowest BCUT2D eigenvalue weighted by atomic mass is 9.58. The van der Waals surface area contributed by atoms with Crippen molar-refractivity contribution in [2.75, 3.05) is 13.2 Å². The normalized spacial score (nSPS) is 35.6. The topological polar surface area (TPSA) is 18.5 Å². The third kappa shape index (κ3) is 2.05. The quantitative estimate of drug-likeness (QED) is 0.698. The van der Waals surface area contributed by atoms with Crippen molar-refractivity contribution in [3.8, 4) is 11.5 Å². The van der Waals surface area contributed by atoms with Crippen LogP contribution in [0.15, 0.2) is 18.2 Å². The zero-order valence-corrected chi connectivity index (χ0v) is 13.4. The molecular formula is C17H21BrO2. The molecule has 2 nitrogen and oxygen atoms in total. The molecule has 1 aliphatic heterocycles. The zero-order chi connectivity index (χ0) is 13.6. The molecule has 3 fully saturated rings. The third-order valence-corrected chi connectivity index (χ3v) is 6.70. The summed E-state index contributed by atoms with van der Waals surface area (Å²) in [5.74, 6) is 1.87. The largest absolute Gasteiger partial charge is 0.490 e. The number of alkyl halides is 1. The van der Waals surface area contributed by atoms with Crippen LogP contribution in [0.5, 0.6) is 11.5 Å². The number of halogens is 1. The van der Waals surface area contributed by atoms with E-state index in [1.165, 1.54) is 44.1 Å². The number of benzene rings is 1. The molecule has 0 radical (unpaired) electrons. The Hall–Kier alpha value is -0.700. The summed E-state index contributed by atoms with van der Waals surface area (Å²) in [4.78, 5) is 0. The SMILES string of the molecule is BrC12CCC(c3ccc4c(c3)OCCCO4)(CC1)CC2. The summed E-state index contributed by atoms with van der Waals surface area (Å²) < 4.78 is 12.1. The van der Waals surface area contributed by atoms with Crippen molar-refractivity contribution in [3.63, 3.8) is 0 Å². The van der Waals surface area contributed by atoms with E-state index >= 15 is 0 Å². The van der Waals surface area contributed by atoms with Gasteiger partial charge in [0, 0.05) is 10.7 Å². The summed E-state index contributed by atoms with van der Waals surface area (Å²) in [6.45, 7) is 1.54. The van der Waals surface area contributed by atoms with E-state index in [0.717, 1.165) is 31.1 Å². The second-order valence-electron chi connectivity index (χ2n) is 6.64. The molecule has 3 saturated carbocycles. The maximum absolute atomic E-state index is 5.87. The standard InChI is InChI=1S/C17H21BrO2/c18-17-7-4-16(5-8-17,6-9-17)13-2-3-14-15(12-13)20-11-1-10-19-14/h2-3,12H,1,4-11H2. The highest BCUT2D eigenvalue weighted by Crippen LogP contribution is 2.57. The number of ether oxygens (including phenoxy) is 2. The van der Waals surface area contributed by atoms with Crippen LogP contribution in [0.25, 0.3) is 0 Å². The fourth-order valence-corrected chi connectivity index (χ4v) is 4.66. The van der Waals surface area contributed by atoms with Gasteiger partial charge in [-0.25, -0.2) is 0 Å². The van der Waals surface area contributed by atoms with E-state index < -0.39 is 0 Å². The van der Waals surface area contributed by atoms with Crippen molar-refractivity contribution < 1.29 is 9.47 Å². The van der Waals surface area contributed by atoms with Crippen LogP contribution in [0.1, 0.15) is 50.5 Å². The van der Waals surface area contributed by atoms with Gasteiger partial charge in [0.1, 0.15) is 0 Å². The monoisotopic (exact) mass is 336 g/mol. The summed E-state index contributed by atoms with van der Waals surface area (Å²) >= 11 is 3.96. The Balaban J connectivity index is 1.67. The van der Waals surface area contributed by atoms with E-state index in [0.29, 0.717) is 9.74 Å². The molecule has 0 unspecified atom stereocenters. The van der Waals surface area contributed by atoms with Gasteiger partial charge >= 0.3 is 0 Å². The Labute approximate surface area is 129 Å². The number of rotatable bonds is 1. The van der Waals surface area contributed by atoms with Crippen molar-refractivity contribution in [2.24, 2.45) is 0 Å². The average molecular weight is 337 g/mol. The van der Waals surface area contributed by atoms with Gasteiger partial charge in [0.2, 0.25) is 0 Å². The van der Waals surface area contributed by atoms with Crippen LogP contribution in [0.3, 0.4) is 0 Å². The van der Waals surface area contributed by atoms with Crippen LogP contribution >= 0.6 is 15.9 Å². The van der Waals surface area contributed by atoms with Gasteiger partial charge in [0.05, 0.1) is 13.2 Å². The molecule has 20 heavy (non-hydrogen) atoms. The van der Waals surface area contributed by atoms with Gasteiger partial charge in [-0.2, -0.15) is 0 Å². The van der Waals surface area contributed by atoms with Gasteiger partial charge in [0.15, 0.2) is 11.5 Å². The van der Waals surface area contributed by atoms with E-state index in [4.69, 9.17) is 9.47 Å². The number of hydrogen-bond acceptors (Lipinski definition) is 2. The summed E-state index contributed by atoms with van der Waals surface area (Å²) in [5, 5.41) is 0. The van der Waals surface area contributed by atoms with E-state index in [2.05, 4.69) is 34.1 Å². The maximum Gasteiger partial charge on any atom is 0.161 e. The lowest BCUT2D eigenvalue weighted by Crippen LogP contribution is -2.44. The Morgan fingerprint density at radius 1 is 0.850 bits per heavy atom. The average Bonchev–Trinajstić information content (AvgIpc) is 2.73. The molecule has 108 valence electrons. The van der Waals surface area contributed by atoms with Crippen LogP contribution in [0.4, 0.5) is 0 Å². The van der Waals surface area contributed by atoms with E-state index in [1.54, 1.807) is 0 Å². The molecule has 4 aliphatic rings. The van der Waals surface area contributed by atoms with Crippen molar-refractivity contribution in [1.29, 1.82) is 0 Å². The maximum atomic E-state index is 5.87. The summed E-state index contributed by atoms with van der Waals surface area (Å²) in [6, 6.07) is 6.66. The molecule has 2 bridgehead atoms. The predicted octanol–water partition coefficient (Wildman–Crippen LogP) is 4.59. The first-order valence-corrected chi connectivity index (χ1v) is 8.58. The molecule has 1 heterocycles. The Kier molecular flexibility index (Phi) is 3.03. The highest BCUT2D eigenvalue weighted by atomic mass is 79.9. The van der Waals surface area contributed by atoms with Gasteiger partial charge in [-0.1, -0.05) is 22.0 Å². The molecule has 0 N–H and O–H groups in total. The van der Waals surface area contributed by atoms with Gasteiger partial charge < -0.3 is 9.47 Å². The Morgan fingerprint density at radius 3 is 2.20 bits per heavy atom. The molecular weight excluding hydrogens is 316 g/mol. The van der Waals surface area contributed by atoms with Crippen LogP contribution in [0.2, 0.25) is 0 Å². The van der Waals surface area contributed by atoms with Crippen LogP contribution in [-0.2, 0) is 5.41 Å². The first kappa shape index (κ1) is 13.0. The Bertz CT molecular complexity index is 501. The lowest BCUT2D eigenvalue weighted by molar-refractivity contribution is 0.162. The molecule has 3 heteroatoms. The first-order chi connectivity index (χ1) is 9.69. The molecule has 0 atom stereocenters. The minimum atomic E-state index is 0.389. The first-order valence-electron chi connectivity index (χ1n) is 7.78. The van der Waals surface area contributed by atoms with Crippen LogP contribution in [-0.4, -0.2) is 17.5 Å². The van der Waals surface area contributed by atoms with Crippen molar-refractivity contribution in [3.05, 3.63) is 23.8 Å². The van der Waals surface area contributed by atoms with Crippen LogP contribution in [0, 0.1) is 0 Å². The van der Waals surface area contributed by atoms with Gasteiger partial charge in [-0.05, 0) is 61.6 Å².